The van der Waals surface area contributed by atoms with Gasteiger partial charge in [-0.15, -0.1) is 0 Å². The molecule has 13 rings (SSSR count). The molecule has 1 spiro atoms. The number of fused-ring (bicyclic) bond motifs is 15. The standard InChI is InChI=1S/C59H38N2/c1-3-41-49-35-40(36-50-46-24-12-17-29-56(46)61(58(49)50)54(41)4-2)60(39-18-6-5-7-19-39)55-28-16-11-20-42(55)38-31-30-37-32-33-47-45-23-10-15-27-53(45)59(57(47)48(37)34-38)51-25-13-8-21-43(51)44-22-9-14-26-52(44)59/h3-36H,1-2H2. The van der Waals surface area contributed by atoms with Crippen LogP contribution in [0.1, 0.15) is 33.5 Å². The molecule has 9 aromatic carbocycles. The van der Waals surface area contributed by atoms with E-state index in [2.05, 4.69) is 217 Å². The Balaban J connectivity index is 1.08. The van der Waals surface area contributed by atoms with Crippen molar-refractivity contribution in [2.75, 3.05) is 4.90 Å². The van der Waals surface area contributed by atoms with Gasteiger partial charge in [0.2, 0.25) is 0 Å². The highest BCUT2D eigenvalue weighted by atomic mass is 15.1. The summed E-state index contributed by atoms with van der Waals surface area (Å²) in [6, 6.07) is 72.1. The molecule has 11 aromatic rings. The van der Waals surface area contributed by atoms with E-state index in [9.17, 15) is 0 Å². The smallest absolute Gasteiger partial charge is 0.0731 e. The van der Waals surface area contributed by atoms with E-state index in [4.69, 9.17) is 0 Å². The highest BCUT2D eigenvalue weighted by Crippen LogP contribution is 2.64. The Kier molecular flexibility index (Phi) is 6.98. The molecule has 2 aliphatic rings. The van der Waals surface area contributed by atoms with Crippen LogP contribution < -0.4 is 4.90 Å². The molecular formula is C59H38N2. The van der Waals surface area contributed by atoms with Crippen molar-refractivity contribution in [1.29, 1.82) is 0 Å². The molecule has 0 amide bonds. The number of anilines is 3. The zero-order valence-electron chi connectivity index (χ0n) is 33.4. The van der Waals surface area contributed by atoms with Crippen LogP contribution in [0, 0.1) is 0 Å². The van der Waals surface area contributed by atoms with E-state index in [-0.39, 0.29) is 0 Å². The van der Waals surface area contributed by atoms with Gasteiger partial charge in [0.25, 0.3) is 0 Å². The van der Waals surface area contributed by atoms with E-state index in [1.807, 2.05) is 12.2 Å². The van der Waals surface area contributed by atoms with Gasteiger partial charge in [0.15, 0.2) is 0 Å². The third-order valence-electron chi connectivity index (χ3n) is 13.7. The topological polar surface area (TPSA) is 7.65 Å². The summed E-state index contributed by atoms with van der Waals surface area (Å²) in [5.41, 5.74) is 20.4. The summed E-state index contributed by atoms with van der Waals surface area (Å²) in [5.74, 6) is 0. The molecule has 0 fully saturated rings. The van der Waals surface area contributed by atoms with Gasteiger partial charge >= 0.3 is 0 Å². The second-order valence-corrected chi connectivity index (χ2v) is 16.4. The lowest BCUT2D eigenvalue weighted by Gasteiger charge is -2.31. The third-order valence-corrected chi connectivity index (χ3v) is 13.7. The van der Waals surface area contributed by atoms with Crippen LogP contribution in [0.25, 0.3) is 83.5 Å². The first-order valence-corrected chi connectivity index (χ1v) is 21.1. The Morgan fingerprint density at radius 2 is 1.03 bits per heavy atom. The van der Waals surface area contributed by atoms with Gasteiger partial charge in [0.1, 0.15) is 0 Å². The van der Waals surface area contributed by atoms with Gasteiger partial charge in [-0.25, -0.2) is 0 Å². The van der Waals surface area contributed by atoms with E-state index < -0.39 is 5.41 Å². The largest absolute Gasteiger partial charge is 0.310 e. The van der Waals surface area contributed by atoms with Crippen LogP contribution >= 0.6 is 0 Å². The number of hydrogen-bond acceptors (Lipinski definition) is 1. The molecule has 0 bridgehead atoms. The van der Waals surface area contributed by atoms with Gasteiger partial charge in [0, 0.05) is 38.7 Å². The molecule has 0 saturated carbocycles. The minimum atomic E-state index is -0.440. The van der Waals surface area contributed by atoms with E-state index in [1.54, 1.807) is 0 Å². The molecule has 61 heavy (non-hydrogen) atoms. The number of hydrogen-bond donors (Lipinski definition) is 0. The molecule has 0 N–H and O–H groups in total. The van der Waals surface area contributed by atoms with Gasteiger partial charge in [-0.2, -0.15) is 0 Å². The number of aromatic nitrogens is 1. The van der Waals surface area contributed by atoms with Crippen molar-refractivity contribution in [3.05, 3.63) is 241 Å². The molecule has 2 heterocycles. The molecule has 284 valence electrons. The molecule has 0 unspecified atom stereocenters. The van der Waals surface area contributed by atoms with E-state index >= 15 is 0 Å². The quantitative estimate of drug-likeness (QED) is 0.163. The molecule has 0 radical (unpaired) electrons. The van der Waals surface area contributed by atoms with E-state index in [0.717, 1.165) is 39.3 Å². The summed E-state index contributed by atoms with van der Waals surface area (Å²) in [5, 5.41) is 6.11. The summed E-state index contributed by atoms with van der Waals surface area (Å²) in [4.78, 5) is 2.43. The van der Waals surface area contributed by atoms with Crippen LogP contribution in [-0.2, 0) is 5.41 Å². The summed E-state index contributed by atoms with van der Waals surface area (Å²) in [6.07, 6.45) is 3.95. The predicted octanol–water partition coefficient (Wildman–Crippen LogP) is 15.6. The van der Waals surface area contributed by atoms with Crippen molar-refractivity contribution in [2.45, 2.75) is 5.41 Å². The molecule has 0 aliphatic heterocycles. The van der Waals surface area contributed by atoms with E-state index in [0.29, 0.717) is 0 Å². The number of rotatable bonds is 6. The van der Waals surface area contributed by atoms with E-state index in [1.165, 1.54) is 82.6 Å². The fraction of sp³-hybridized carbons (Fsp3) is 0.0169. The maximum Gasteiger partial charge on any atom is 0.0731 e. The maximum absolute atomic E-state index is 4.30. The Morgan fingerprint density at radius 1 is 0.443 bits per heavy atom. The summed E-state index contributed by atoms with van der Waals surface area (Å²) < 4.78 is 2.36. The zero-order valence-corrected chi connectivity index (χ0v) is 33.4. The van der Waals surface area contributed by atoms with Crippen molar-refractivity contribution < 1.29 is 0 Å². The minimum absolute atomic E-state index is 0.440. The highest BCUT2D eigenvalue weighted by molar-refractivity contribution is 6.19. The van der Waals surface area contributed by atoms with Crippen molar-refractivity contribution >= 4 is 67.2 Å². The Morgan fingerprint density at radius 3 is 1.74 bits per heavy atom. The van der Waals surface area contributed by atoms with Crippen LogP contribution in [0.3, 0.4) is 0 Å². The van der Waals surface area contributed by atoms with Gasteiger partial charge in [-0.1, -0.05) is 171 Å². The molecule has 2 nitrogen and oxygen atoms in total. The lowest BCUT2D eigenvalue weighted by molar-refractivity contribution is 0.801. The lowest BCUT2D eigenvalue weighted by Crippen LogP contribution is -2.26. The van der Waals surface area contributed by atoms with Gasteiger partial charge in [-0.05, 0) is 109 Å². The normalized spacial score (nSPS) is 13.2. The molecule has 2 aliphatic carbocycles. The lowest BCUT2D eigenvalue weighted by atomic mass is 9.69. The second kappa shape index (κ2) is 12.5. The van der Waals surface area contributed by atoms with Crippen molar-refractivity contribution in [3.8, 4) is 33.4 Å². The van der Waals surface area contributed by atoms with Crippen LogP contribution in [0.15, 0.2) is 207 Å². The molecule has 0 atom stereocenters. The molecule has 2 heteroatoms. The third kappa shape index (κ3) is 4.36. The molecule has 0 saturated heterocycles. The number of para-hydroxylation sites is 3. The Bertz CT molecular complexity index is 3580. The summed E-state index contributed by atoms with van der Waals surface area (Å²) in [6.45, 7) is 8.56. The predicted molar refractivity (Wildman–Crippen MR) is 258 cm³/mol. The second-order valence-electron chi connectivity index (χ2n) is 16.4. The van der Waals surface area contributed by atoms with Gasteiger partial charge in [0.05, 0.1) is 27.8 Å². The maximum atomic E-state index is 4.30. The van der Waals surface area contributed by atoms with Crippen LogP contribution in [0.5, 0.6) is 0 Å². The van der Waals surface area contributed by atoms with Crippen molar-refractivity contribution in [3.63, 3.8) is 0 Å². The van der Waals surface area contributed by atoms with Gasteiger partial charge < -0.3 is 9.30 Å². The first-order chi connectivity index (χ1) is 30.2. The molecule has 2 aromatic heterocycles. The van der Waals surface area contributed by atoms with Crippen molar-refractivity contribution in [1.82, 2.24) is 4.40 Å². The average Bonchev–Trinajstić information content (AvgIpc) is 4.03. The summed E-state index contributed by atoms with van der Waals surface area (Å²) in [7, 11) is 0. The SMILES string of the molecule is C=Cc1c(C=C)n2c3ccccc3c3cc(N(c4ccccc4)c4ccccc4-c4ccc5ccc6c(c5c4)C4(c5ccccc5-c5ccccc54)c4ccccc4-6)cc1c32. The Labute approximate surface area is 354 Å². The average molecular weight is 775 g/mol. The first kappa shape index (κ1) is 34.0. The Hall–Kier alpha value is -7.94. The van der Waals surface area contributed by atoms with Gasteiger partial charge in [-0.3, -0.25) is 0 Å². The monoisotopic (exact) mass is 774 g/mol. The molecular weight excluding hydrogens is 737 g/mol. The van der Waals surface area contributed by atoms with Crippen LogP contribution in [0.4, 0.5) is 17.1 Å². The van der Waals surface area contributed by atoms with Crippen LogP contribution in [0.2, 0.25) is 0 Å². The fourth-order valence-corrected chi connectivity index (χ4v) is 11.3. The van der Waals surface area contributed by atoms with Crippen molar-refractivity contribution in [2.24, 2.45) is 0 Å². The highest BCUT2D eigenvalue weighted by Gasteiger charge is 2.52. The van der Waals surface area contributed by atoms with Crippen LogP contribution in [-0.4, -0.2) is 4.40 Å². The summed E-state index contributed by atoms with van der Waals surface area (Å²) >= 11 is 0. The fourth-order valence-electron chi connectivity index (χ4n) is 11.3. The number of nitrogens with zero attached hydrogens (tertiary/aromatic N) is 2. The zero-order chi connectivity index (χ0) is 40.4. The number of benzene rings is 9. The minimum Gasteiger partial charge on any atom is -0.310 e. The first-order valence-electron chi connectivity index (χ1n) is 21.1.